The Morgan fingerprint density at radius 3 is 2.50 bits per heavy atom. The Balaban J connectivity index is 1.28. The Labute approximate surface area is 225 Å². The minimum atomic E-state index is -0.189. The summed E-state index contributed by atoms with van der Waals surface area (Å²) in [5.74, 6) is 1.10. The van der Waals surface area contributed by atoms with Crippen LogP contribution in [0.3, 0.4) is 0 Å². The zero-order valence-corrected chi connectivity index (χ0v) is 22.9. The number of carbonyl (C=O) groups excluding carboxylic acids is 2. The number of ether oxygens (including phenoxy) is 1. The van der Waals surface area contributed by atoms with Crippen molar-refractivity contribution in [2.75, 3.05) is 46.2 Å². The molecule has 2 aromatic rings. The lowest BCUT2D eigenvalue weighted by molar-refractivity contribution is -0.116. The summed E-state index contributed by atoms with van der Waals surface area (Å²) in [6.07, 6.45) is 10.8. The van der Waals surface area contributed by atoms with E-state index in [1.54, 1.807) is 0 Å². The Morgan fingerprint density at radius 1 is 1.13 bits per heavy atom. The average molecular weight is 521 g/mol. The Morgan fingerprint density at radius 2 is 1.87 bits per heavy atom. The Kier molecular flexibility index (Phi) is 7.56. The Bertz CT molecular complexity index is 1130. The zero-order chi connectivity index (χ0) is 26.8. The highest BCUT2D eigenvalue weighted by Crippen LogP contribution is 2.49. The number of nitrogens with zero attached hydrogens (tertiary/aromatic N) is 5. The highest BCUT2D eigenvalue weighted by molar-refractivity contribution is 5.90. The molecule has 3 aliphatic rings. The van der Waals surface area contributed by atoms with Gasteiger partial charge in [-0.25, -0.2) is 4.79 Å². The number of carbonyl (C=O) groups is 2. The lowest BCUT2D eigenvalue weighted by atomic mass is 9.68. The summed E-state index contributed by atoms with van der Waals surface area (Å²) in [6, 6.07) is 10.9. The molecule has 2 aliphatic carbocycles. The fourth-order valence-electron chi connectivity index (χ4n) is 6.51. The number of rotatable bonds is 9. The van der Waals surface area contributed by atoms with E-state index in [-0.39, 0.29) is 29.4 Å². The van der Waals surface area contributed by atoms with E-state index in [9.17, 15) is 9.59 Å². The van der Waals surface area contributed by atoms with Crippen molar-refractivity contribution in [3.05, 3.63) is 48.3 Å². The van der Waals surface area contributed by atoms with Crippen LogP contribution in [0.2, 0.25) is 0 Å². The van der Waals surface area contributed by atoms with Gasteiger partial charge < -0.3 is 19.9 Å². The van der Waals surface area contributed by atoms with Crippen molar-refractivity contribution < 1.29 is 14.3 Å². The number of urea groups is 1. The molecule has 0 radical (unpaired) electrons. The van der Waals surface area contributed by atoms with Crippen molar-refractivity contribution in [3.8, 4) is 5.88 Å². The van der Waals surface area contributed by atoms with Crippen molar-refractivity contribution in [2.45, 2.75) is 62.4 Å². The minimum absolute atomic E-state index is 0.0250. The van der Waals surface area contributed by atoms with Crippen LogP contribution in [-0.2, 0) is 10.3 Å². The molecule has 0 atom stereocenters. The molecule has 1 aromatic carbocycles. The van der Waals surface area contributed by atoms with Gasteiger partial charge in [-0.05, 0) is 64.1 Å². The van der Waals surface area contributed by atoms with E-state index >= 15 is 0 Å². The number of hydrogen-bond donors (Lipinski definition) is 1. The first-order chi connectivity index (χ1) is 18.3. The smallest absolute Gasteiger partial charge is 0.320 e. The first-order valence-electron chi connectivity index (χ1n) is 13.8. The van der Waals surface area contributed by atoms with Crippen molar-refractivity contribution in [1.82, 2.24) is 24.7 Å². The first-order valence-corrected chi connectivity index (χ1v) is 13.8. The van der Waals surface area contributed by atoms with E-state index in [2.05, 4.69) is 69.5 Å². The van der Waals surface area contributed by atoms with Crippen LogP contribution in [0.1, 0.15) is 56.9 Å². The molecule has 0 unspecified atom stereocenters. The van der Waals surface area contributed by atoms with E-state index in [4.69, 9.17) is 4.74 Å². The predicted molar refractivity (Wildman–Crippen MR) is 146 cm³/mol. The van der Waals surface area contributed by atoms with Gasteiger partial charge in [-0.3, -0.25) is 14.7 Å². The van der Waals surface area contributed by atoms with Crippen molar-refractivity contribution in [1.29, 1.82) is 0 Å². The van der Waals surface area contributed by atoms with Gasteiger partial charge >= 0.3 is 6.03 Å². The molecule has 1 saturated heterocycles. The molecule has 1 aromatic heterocycles. The molecule has 204 valence electrons. The number of benzene rings is 1. The molecule has 38 heavy (non-hydrogen) atoms. The third kappa shape index (κ3) is 5.08. The molecule has 2 heterocycles. The van der Waals surface area contributed by atoms with Gasteiger partial charge in [0.2, 0.25) is 11.8 Å². The van der Waals surface area contributed by atoms with Crippen LogP contribution in [0.4, 0.5) is 10.6 Å². The van der Waals surface area contributed by atoms with E-state index < -0.39 is 0 Å². The molecule has 1 spiro atoms. The number of anilines is 1. The van der Waals surface area contributed by atoms with Gasteiger partial charge in [0.15, 0.2) is 5.82 Å². The van der Waals surface area contributed by atoms with Crippen molar-refractivity contribution in [3.63, 3.8) is 0 Å². The summed E-state index contributed by atoms with van der Waals surface area (Å²) in [7, 11) is 5.86. The molecule has 3 fully saturated rings. The number of hydrogen-bond acceptors (Lipinski definition) is 6. The topological polar surface area (TPSA) is 90.9 Å². The molecular formula is C29H40N6O3. The number of amides is 3. The maximum Gasteiger partial charge on any atom is 0.320 e. The molecular weight excluding hydrogens is 480 g/mol. The summed E-state index contributed by atoms with van der Waals surface area (Å²) in [5.41, 5.74) is 1.15. The SMILES string of the molecule is COc1cncc(NC(=O)CCN2CC3(CCC(c4ccccc4)(N(C)C)CC3)N(CC3CCC3)C2=O)n1. The summed E-state index contributed by atoms with van der Waals surface area (Å²) >= 11 is 0. The van der Waals surface area contributed by atoms with Gasteiger partial charge in [0.25, 0.3) is 0 Å². The van der Waals surface area contributed by atoms with Crippen LogP contribution >= 0.6 is 0 Å². The quantitative estimate of drug-likeness (QED) is 0.535. The molecule has 5 rings (SSSR count). The van der Waals surface area contributed by atoms with Crippen molar-refractivity contribution in [2.24, 2.45) is 5.92 Å². The van der Waals surface area contributed by atoms with Crippen LogP contribution in [0.15, 0.2) is 42.7 Å². The van der Waals surface area contributed by atoms with Gasteiger partial charge in [0.05, 0.1) is 25.0 Å². The van der Waals surface area contributed by atoms with Gasteiger partial charge in [-0.1, -0.05) is 36.8 Å². The van der Waals surface area contributed by atoms with Crippen LogP contribution < -0.4 is 10.1 Å². The summed E-state index contributed by atoms with van der Waals surface area (Å²) < 4.78 is 5.08. The van der Waals surface area contributed by atoms with Crippen LogP contribution in [0, 0.1) is 5.92 Å². The van der Waals surface area contributed by atoms with Gasteiger partial charge in [-0.15, -0.1) is 0 Å². The summed E-state index contributed by atoms with van der Waals surface area (Å²) in [5, 5.41) is 2.78. The highest BCUT2D eigenvalue weighted by Gasteiger charge is 2.54. The van der Waals surface area contributed by atoms with Crippen molar-refractivity contribution >= 4 is 17.8 Å². The van der Waals surface area contributed by atoms with E-state index in [0.717, 1.165) is 32.2 Å². The van der Waals surface area contributed by atoms with Crippen LogP contribution in [0.25, 0.3) is 0 Å². The van der Waals surface area contributed by atoms with E-state index in [1.165, 1.54) is 44.3 Å². The fourth-order valence-corrected chi connectivity index (χ4v) is 6.51. The van der Waals surface area contributed by atoms with Gasteiger partial charge in [0, 0.05) is 31.6 Å². The Hall–Kier alpha value is -3.20. The van der Waals surface area contributed by atoms with Gasteiger partial charge in [0.1, 0.15) is 0 Å². The molecule has 1 N–H and O–H groups in total. The van der Waals surface area contributed by atoms with Crippen LogP contribution in [0.5, 0.6) is 5.88 Å². The third-order valence-electron chi connectivity index (χ3n) is 9.10. The zero-order valence-electron chi connectivity index (χ0n) is 22.9. The molecule has 9 heteroatoms. The first kappa shape index (κ1) is 26.4. The minimum Gasteiger partial charge on any atom is -0.480 e. The predicted octanol–water partition coefficient (Wildman–Crippen LogP) is 4.12. The molecule has 3 amide bonds. The monoisotopic (exact) mass is 520 g/mol. The second kappa shape index (κ2) is 10.9. The standard InChI is InChI=1S/C29H40N6O3/c1-33(2)29(23-10-5-4-6-11-23)15-13-28(14-16-29)21-34(27(37)35(28)20-22-8-7-9-22)17-12-25(36)31-24-18-30-19-26(32-24)38-3/h4-6,10-11,18-19,22H,7-9,12-17,20-21H2,1-3H3,(H,31,32,36). The normalized spacial score (nSPS) is 25.6. The summed E-state index contributed by atoms with van der Waals surface area (Å²) in [6.45, 7) is 1.91. The maximum atomic E-state index is 13.7. The van der Waals surface area contributed by atoms with Gasteiger partial charge in [-0.2, -0.15) is 4.98 Å². The molecule has 1 aliphatic heterocycles. The van der Waals surface area contributed by atoms with E-state index in [1.807, 2.05) is 4.90 Å². The molecule has 0 bridgehead atoms. The maximum absolute atomic E-state index is 13.7. The molecule has 2 saturated carbocycles. The number of aromatic nitrogens is 2. The largest absolute Gasteiger partial charge is 0.480 e. The third-order valence-corrected chi connectivity index (χ3v) is 9.10. The lowest BCUT2D eigenvalue weighted by Gasteiger charge is -2.51. The number of methoxy groups -OCH3 is 1. The summed E-state index contributed by atoms with van der Waals surface area (Å²) in [4.78, 5) is 41.1. The van der Waals surface area contributed by atoms with E-state index in [0.29, 0.717) is 30.7 Å². The fraction of sp³-hybridized carbons (Fsp3) is 0.586. The average Bonchev–Trinajstić information content (AvgIpc) is 3.16. The second-order valence-corrected chi connectivity index (χ2v) is 11.4. The highest BCUT2D eigenvalue weighted by atomic mass is 16.5. The lowest BCUT2D eigenvalue weighted by Crippen LogP contribution is -2.56. The molecule has 9 nitrogen and oxygen atoms in total. The van der Waals surface area contributed by atoms with Crippen LogP contribution in [-0.4, -0.2) is 83.0 Å². The second-order valence-electron chi connectivity index (χ2n) is 11.4. The number of nitrogens with one attached hydrogen (secondary N) is 1.